The molecule has 1 aromatic heterocycles. The molecule has 126 valence electrons. The van der Waals surface area contributed by atoms with E-state index in [-0.39, 0.29) is 18.4 Å². The highest BCUT2D eigenvalue weighted by atomic mass is 16.3. The first-order valence-corrected chi connectivity index (χ1v) is 7.90. The van der Waals surface area contributed by atoms with Crippen LogP contribution in [-0.4, -0.2) is 39.3 Å². The van der Waals surface area contributed by atoms with Gasteiger partial charge in [-0.15, -0.1) is 0 Å². The van der Waals surface area contributed by atoms with Gasteiger partial charge < -0.3 is 10.4 Å². The van der Waals surface area contributed by atoms with Crippen LogP contribution in [-0.2, 0) is 18.4 Å². The molecule has 2 amide bonds. The number of anilines is 1. The first-order chi connectivity index (χ1) is 11.6. The van der Waals surface area contributed by atoms with Crippen molar-refractivity contribution in [3.8, 4) is 0 Å². The summed E-state index contributed by atoms with van der Waals surface area (Å²) in [7, 11) is 1.80. The number of aliphatic hydroxyl groups is 1. The molecule has 0 bridgehead atoms. The Balaban J connectivity index is 1.72. The van der Waals surface area contributed by atoms with Crippen molar-refractivity contribution in [3.63, 3.8) is 0 Å². The zero-order valence-electron chi connectivity index (χ0n) is 13.5. The number of hydrogen-bond donors (Lipinski definition) is 2. The monoisotopic (exact) mass is 328 g/mol. The largest absolute Gasteiger partial charge is 0.392 e. The maximum Gasteiger partial charge on any atom is 0.251 e. The molecule has 2 N–H and O–H groups in total. The van der Waals surface area contributed by atoms with Gasteiger partial charge in [0.1, 0.15) is 6.04 Å². The Bertz CT molecular complexity index is 756. The number of benzene rings is 1. The maximum absolute atomic E-state index is 12.6. The number of aryl methyl sites for hydroxylation is 1. The molecule has 0 aliphatic carbocycles. The Labute approximate surface area is 139 Å². The van der Waals surface area contributed by atoms with E-state index in [0.717, 1.165) is 6.42 Å². The number of aliphatic hydroxyl groups excluding tert-OH is 1. The summed E-state index contributed by atoms with van der Waals surface area (Å²) in [6, 6.07) is 7.96. The molecule has 1 unspecified atom stereocenters. The number of piperidine rings is 1. The molecule has 2 heterocycles. The molecule has 7 nitrogen and oxygen atoms in total. The molecule has 1 fully saturated rings. The van der Waals surface area contributed by atoms with Gasteiger partial charge in [0.05, 0.1) is 6.61 Å². The van der Waals surface area contributed by atoms with Gasteiger partial charge in [0.25, 0.3) is 11.8 Å². The lowest BCUT2D eigenvalue weighted by Gasteiger charge is -2.31. The highest BCUT2D eigenvalue weighted by Crippen LogP contribution is 2.19. The second-order valence-electron chi connectivity index (χ2n) is 5.86. The van der Waals surface area contributed by atoms with Crippen molar-refractivity contribution in [2.45, 2.75) is 25.5 Å². The molecule has 1 aliphatic heterocycles. The third kappa shape index (κ3) is 3.30. The minimum absolute atomic E-state index is 0.128. The van der Waals surface area contributed by atoms with Crippen LogP contribution in [0.15, 0.2) is 36.5 Å². The predicted octanol–water partition coefficient (Wildman–Crippen LogP) is 0.838. The average molecular weight is 328 g/mol. The molecule has 2 aromatic rings. The summed E-state index contributed by atoms with van der Waals surface area (Å²) in [4.78, 5) is 26.6. The van der Waals surface area contributed by atoms with Crippen LogP contribution in [0.2, 0.25) is 0 Å². The molecule has 1 saturated heterocycles. The average Bonchev–Trinajstić information content (AvgIpc) is 3.03. The van der Waals surface area contributed by atoms with Crippen LogP contribution >= 0.6 is 0 Å². The number of nitrogens with one attached hydrogen (secondary N) is 1. The van der Waals surface area contributed by atoms with Crippen LogP contribution in [0, 0.1) is 0 Å². The smallest absolute Gasteiger partial charge is 0.251 e. The Kier molecular flexibility index (Phi) is 4.61. The molecule has 1 aromatic carbocycles. The third-order valence-corrected chi connectivity index (χ3v) is 4.09. The zero-order valence-corrected chi connectivity index (χ0v) is 13.5. The van der Waals surface area contributed by atoms with E-state index in [2.05, 4.69) is 10.4 Å². The summed E-state index contributed by atoms with van der Waals surface area (Å²) < 4.78 is 1.64. The van der Waals surface area contributed by atoms with Crippen LogP contribution < -0.4 is 10.2 Å². The van der Waals surface area contributed by atoms with E-state index in [0.29, 0.717) is 29.9 Å². The number of carbonyl (C=O) groups is 2. The third-order valence-electron chi connectivity index (χ3n) is 4.09. The first-order valence-electron chi connectivity index (χ1n) is 7.90. The molecular formula is C17H20N4O3. The van der Waals surface area contributed by atoms with E-state index in [1.165, 1.54) is 0 Å². The van der Waals surface area contributed by atoms with Crippen LogP contribution in [0.3, 0.4) is 0 Å². The standard InChI is InChI=1S/C17H20N4O3/c1-20-9-7-15(19-20)21-8-3-6-14(17(21)24)18-16(23)13-5-2-4-12(10-13)11-22/h2,4-5,7,9-10,14,22H,3,6,8,11H2,1H3,(H,18,23). The van der Waals surface area contributed by atoms with E-state index >= 15 is 0 Å². The van der Waals surface area contributed by atoms with Gasteiger partial charge in [0.2, 0.25) is 0 Å². The highest BCUT2D eigenvalue weighted by Gasteiger charge is 2.32. The lowest BCUT2D eigenvalue weighted by atomic mass is 10.0. The highest BCUT2D eigenvalue weighted by molar-refractivity contribution is 6.02. The normalized spacial score (nSPS) is 17.8. The molecule has 0 spiro atoms. The van der Waals surface area contributed by atoms with Crippen molar-refractivity contribution in [3.05, 3.63) is 47.7 Å². The summed E-state index contributed by atoms with van der Waals surface area (Å²) in [6.45, 7) is 0.471. The fourth-order valence-corrected chi connectivity index (χ4v) is 2.84. The van der Waals surface area contributed by atoms with Crippen molar-refractivity contribution in [1.82, 2.24) is 15.1 Å². The van der Waals surface area contributed by atoms with Gasteiger partial charge in [-0.05, 0) is 30.5 Å². The Morgan fingerprint density at radius 3 is 2.96 bits per heavy atom. The molecule has 0 radical (unpaired) electrons. The van der Waals surface area contributed by atoms with Crippen LogP contribution in [0.4, 0.5) is 5.82 Å². The molecule has 1 atom stereocenters. The zero-order chi connectivity index (χ0) is 17.1. The van der Waals surface area contributed by atoms with Crippen LogP contribution in [0.25, 0.3) is 0 Å². The molecule has 24 heavy (non-hydrogen) atoms. The lowest BCUT2D eigenvalue weighted by Crippen LogP contribution is -2.52. The summed E-state index contributed by atoms with van der Waals surface area (Å²) in [5.74, 6) is 0.141. The number of nitrogens with zero attached hydrogens (tertiary/aromatic N) is 3. The van der Waals surface area contributed by atoms with Gasteiger partial charge >= 0.3 is 0 Å². The van der Waals surface area contributed by atoms with Crippen LogP contribution in [0.5, 0.6) is 0 Å². The van der Waals surface area contributed by atoms with E-state index in [4.69, 9.17) is 5.11 Å². The van der Waals surface area contributed by atoms with Gasteiger partial charge in [-0.2, -0.15) is 5.10 Å². The quantitative estimate of drug-likeness (QED) is 0.870. The number of rotatable bonds is 4. The molecule has 3 rings (SSSR count). The van der Waals surface area contributed by atoms with Gasteiger partial charge in [0.15, 0.2) is 5.82 Å². The van der Waals surface area contributed by atoms with E-state index in [9.17, 15) is 9.59 Å². The topological polar surface area (TPSA) is 87.5 Å². The predicted molar refractivity (Wildman–Crippen MR) is 88.4 cm³/mol. The molecular weight excluding hydrogens is 308 g/mol. The molecule has 1 aliphatic rings. The van der Waals surface area contributed by atoms with Crippen molar-refractivity contribution in [2.75, 3.05) is 11.4 Å². The van der Waals surface area contributed by atoms with Crippen molar-refractivity contribution >= 4 is 17.6 Å². The second-order valence-corrected chi connectivity index (χ2v) is 5.86. The Hall–Kier alpha value is -2.67. The summed E-state index contributed by atoms with van der Waals surface area (Å²) in [5.41, 5.74) is 1.09. The second kappa shape index (κ2) is 6.84. The van der Waals surface area contributed by atoms with Crippen molar-refractivity contribution < 1.29 is 14.7 Å². The van der Waals surface area contributed by atoms with Gasteiger partial charge in [-0.25, -0.2) is 0 Å². The van der Waals surface area contributed by atoms with E-state index in [1.54, 1.807) is 53.2 Å². The van der Waals surface area contributed by atoms with E-state index in [1.807, 2.05) is 0 Å². The van der Waals surface area contributed by atoms with Crippen LogP contribution in [0.1, 0.15) is 28.8 Å². The fourth-order valence-electron chi connectivity index (χ4n) is 2.84. The Morgan fingerprint density at radius 2 is 2.25 bits per heavy atom. The number of aromatic nitrogens is 2. The van der Waals surface area contributed by atoms with Crippen molar-refractivity contribution in [1.29, 1.82) is 0 Å². The first kappa shape index (κ1) is 16.2. The SMILES string of the molecule is Cn1ccc(N2CCCC(NC(=O)c3cccc(CO)c3)C2=O)n1. The van der Waals surface area contributed by atoms with E-state index < -0.39 is 6.04 Å². The number of amides is 2. The van der Waals surface area contributed by atoms with Gasteiger partial charge in [0, 0.05) is 31.4 Å². The van der Waals surface area contributed by atoms with Gasteiger partial charge in [-0.3, -0.25) is 19.2 Å². The molecule has 0 saturated carbocycles. The summed E-state index contributed by atoms with van der Waals surface area (Å²) in [5, 5.41) is 16.2. The van der Waals surface area contributed by atoms with Gasteiger partial charge in [-0.1, -0.05) is 12.1 Å². The summed E-state index contributed by atoms with van der Waals surface area (Å²) in [6.07, 6.45) is 3.18. The number of hydrogen-bond acceptors (Lipinski definition) is 4. The summed E-state index contributed by atoms with van der Waals surface area (Å²) >= 11 is 0. The van der Waals surface area contributed by atoms with Crippen molar-refractivity contribution in [2.24, 2.45) is 7.05 Å². The number of carbonyl (C=O) groups excluding carboxylic acids is 2. The maximum atomic E-state index is 12.6. The lowest BCUT2D eigenvalue weighted by molar-refractivity contribution is -0.121. The molecule has 7 heteroatoms. The minimum Gasteiger partial charge on any atom is -0.392 e. The minimum atomic E-state index is -0.564. The Morgan fingerprint density at radius 1 is 1.42 bits per heavy atom. The fraction of sp³-hybridized carbons (Fsp3) is 0.353.